The molecule has 1 nitrogen and oxygen atoms in total. The molecule has 1 aliphatic carbocycles. The molecule has 18 heavy (non-hydrogen) atoms. The number of anilines is 1. The minimum atomic E-state index is 0.852. The lowest BCUT2D eigenvalue weighted by atomic mass is 10.0. The zero-order chi connectivity index (χ0) is 12.6. The lowest BCUT2D eigenvalue weighted by Gasteiger charge is -2.21. The summed E-state index contributed by atoms with van der Waals surface area (Å²) in [6.07, 6.45) is 9.59. The van der Waals surface area contributed by atoms with Gasteiger partial charge in [-0.3, -0.25) is 0 Å². The molecule has 1 aromatic carbocycles. The third-order valence-electron chi connectivity index (χ3n) is 3.55. The first-order valence-electron chi connectivity index (χ1n) is 7.39. The smallest absolute Gasteiger partial charge is 0.0351 e. The lowest BCUT2D eigenvalue weighted by molar-refractivity contribution is 0.516. The topological polar surface area (TPSA) is 12.0 Å². The summed E-state index contributed by atoms with van der Waals surface area (Å²) < 4.78 is 0. The van der Waals surface area contributed by atoms with Crippen LogP contribution in [0.5, 0.6) is 0 Å². The molecule has 2 heteroatoms. The maximum Gasteiger partial charge on any atom is 0.0351 e. The van der Waals surface area contributed by atoms with E-state index in [1.54, 1.807) is 0 Å². The van der Waals surface area contributed by atoms with Gasteiger partial charge < -0.3 is 5.32 Å². The van der Waals surface area contributed by atoms with Crippen molar-refractivity contribution in [3.05, 3.63) is 24.3 Å². The van der Waals surface area contributed by atoms with Crippen LogP contribution in [0.3, 0.4) is 0 Å². The van der Waals surface area contributed by atoms with E-state index in [2.05, 4.69) is 48.3 Å². The standard InChI is InChI=1S/C16H25NS/c1-2-3-12-17-14-8-7-11-16(13-14)18-15-9-5-4-6-10-15/h7-8,11,13,15,17H,2-6,9-10,12H2,1H3. The molecule has 0 unspecified atom stereocenters. The number of benzene rings is 1. The molecule has 0 spiro atoms. The summed E-state index contributed by atoms with van der Waals surface area (Å²) in [4.78, 5) is 1.43. The first-order chi connectivity index (χ1) is 8.88. The molecule has 0 saturated heterocycles. The monoisotopic (exact) mass is 263 g/mol. The van der Waals surface area contributed by atoms with Crippen molar-refractivity contribution in [1.29, 1.82) is 0 Å². The van der Waals surface area contributed by atoms with Crippen molar-refractivity contribution >= 4 is 17.4 Å². The van der Waals surface area contributed by atoms with Crippen LogP contribution < -0.4 is 5.32 Å². The normalized spacial score (nSPS) is 16.7. The summed E-state index contributed by atoms with van der Waals surface area (Å²) in [6, 6.07) is 8.93. The van der Waals surface area contributed by atoms with Gasteiger partial charge in [0, 0.05) is 22.4 Å². The minimum absolute atomic E-state index is 0.852. The third-order valence-corrected chi connectivity index (χ3v) is 4.88. The fraction of sp³-hybridized carbons (Fsp3) is 0.625. The molecule has 2 rings (SSSR count). The van der Waals surface area contributed by atoms with Gasteiger partial charge in [-0.25, -0.2) is 0 Å². The Kier molecular flexibility index (Phi) is 5.92. The van der Waals surface area contributed by atoms with Crippen LogP contribution in [0.4, 0.5) is 5.69 Å². The molecule has 1 fully saturated rings. The zero-order valence-corrected chi connectivity index (χ0v) is 12.3. The highest BCUT2D eigenvalue weighted by Gasteiger charge is 2.14. The summed E-state index contributed by atoms with van der Waals surface area (Å²) in [5.74, 6) is 0. The molecular weight excluding hydrogens is 238 g/mol. The maximum atomic E-state index is 3.51. The number of thioether (sulfide) groups is 1. The second kappa shape index (κ2) is 7.73. The molecule has 0 radical (unpaired) electrons. The Morgan fingerprint density at radius 3 is 2.83 bits per heavy atom. The highest BCUT2D eigenvalue weighted by atomic mass is 32.2. The summed E-state index contributed by atoms with van der Waals surface area (Å²) >= 11 is 2.08. The van der Waals surface area contributed by atoms with Crippen LogP contribution >= 0.6 is 11.8 Å². The molecule has 1 saturated carbocycles. The first kappa shape index (κ1) is 13.8. The largest absolute Gasteiger partial charge is 0.385 e. The Morgan fingerprint density at radius 1 is 1.22 bits per heavy atom. The van der Waals surface area contributed by atoms with Crippen LogP contribution in [0, 0.1) is 0 Å². The van der Waals surface area contributed by atoms with Crippen LogP contribution in [0.2, 0.25) is 0 Å². The van der Waals surface area contributed by atoms with Crippen LogP contribution in [-0.2, 0) is 0 Å². The molecule has 1 aliphatic rings. The van der Waals surface area contributed by atoms with Crippen LogP contribution in [0.15, 0.2) is 29.2 Å². The molecule has 100 valence electrons. The van der Waals surface area contributed by atoms with Crippen molar-refractivity contribution in [2.24, 2.45) is 0 Å². The average molecular weight is 263 g/mol. The van der Waals surface area contributed by atoms with E-state index in [1.165, 1.54) is 55.5 Å². The summed E-state index contributed by atoms with van der Waals surface area (Å²) in [7, 11) is 0. The molecule has 0 heterocycles. The van der Waals surface area contributed by atoms with Crippen molar-refractivity contribution in [3.63, 3.8) is 0 Å². The maximum absolute atomic E-state index is 3.51. The molecule has 1 aromatic rings. The molecule has 0 bridgehead atoms. The van der Waals surface area contributed by atoms with Gasteiger partial charge in [-0.2, -0.15) is 0 Å². The average Bonchev–Trinajstić information content (AvgIpc) is 2.41. The van der Waals surface area contributed by atoms with Gasteiger partial charge in [0.2, 0.25) is 0 Å². The van der Waals surface area contributed by atoms with Crippen molar-refractivity contribution in [2.75, 3.05) is 11.9 Å². The Morgan fingerprint density at radius 2 is 2.06 bits per heavy atom. The summed E-state index contributed by atoms with van der Waals surface area (Å²) in [6.45, 7) is 3.32. The molecular formula is C16H25NS. The Hall–Kier alpha value is -0.630. The molecule has 0 amide bonds. The third kappa shape index (κ3) is 4.56. The molecule has 1 N–H and O–H groups in total. The molecule has 0 aliphatic heterocycles. The predicted octanol–water partition coefficient (Wildman–Crippen LogP) is 5.32. The highest BCUT2D eigenvalue weighted by Crippen LogP contribution is 2.34. The van der Waals surface area contributed by atoms with E-state index in [9.17, 15) is 0 Å². The van der Waals surface area contributed by atoms with Gasteiger partial charge >= 0.3 is 0 Å². The quantitative estimate of drug-likeness (QED) is 0.697. The van der Waals surface area contributed by atoms with E-state index in [-0.39, 0.29) is 0 Å². The Balaban J connectivity index is 1.85. The zero-order valence-electron chi connectivity index (χ0n) is 11.5. The van der Waals surface area contributed by atoms with E-state index in [0.717, 1.165) is 11.8 Å². The number of hydrogen-bond donors (Lipinski definition) is 1. The van der Waals surface area contributed by atoms with E-state index < -0.39 is 0 Å². The van der Waals surface area contributed by atoms with Gasteiger partial charge in [0.1, 0.15) is 0 Å². The van der Waals surface area contributed by atoms with Gasteiger partial charge in [-0.05, 0) is 37.5 Å². The van der Waals surface area contributed by atoms with Crippen molar-refractivity contribution in [1.82, 2.24) is 0 Å². The summed E-state index contributed by atoms with van der Waals surface area (Å²) in [5, 5.41) is 4.36. The lowest BCUT2D eigenvalue weighted by Crippen LogP contribution is -2.07. The van der Waals surface area contributed by atoms with Gasteiger partial charge in [0.05, 0.1) is 0 Å². The van der Waals surface area contributed by atoms with Crippen LogP contribution in [0.1, 0.15) is 51.9 Å². The summed E-state index contributed by atoms with van der Waals surface area (Å²) in [5.41, 5.74) is 1.28. The Bertz CT molecular complexity index is 345. The fourth-order valence-corrected chi connectivity index (χ4v) is 3.77. The second-order valence-electron chi connectivity index (χ2n) is 5.19. The van der Waals surface area contributed by atoms with Crippen molar-refractivity contribution < 1.29 is 0 Å². The highest BCUT2D eigenvalue weighted by molar-refractivity contribution is 8.00. The number of hydrogen-bond acceptors (Lipinski definition) is 2. The van der Waals surface area contributed by atoms with E-state index >= 15 is 0 Å². The minimum Gasteiger partial charge on any atom is -0.385 e. The fourth-order valence-electron chi connectivity index (χ4n) is 2.46. The van der Waals surface area contributed by atoms with Gasteiger partial charge in [0.15, 0.2) is 0 Å². The Labute approximate surface area is 116 Å². The second-order valence-corrected chi connectivity index (χ2v) is 6.56. The molecule has 0 atom stereocenters. The van der Waals surface area contributed by atoms with E-state index in [1.807, 2.05) is 0 Å². The van der Waals surface area contributed by atoms with Crippen molar-refractivity contribution in [2.45, 2.75) is 62.0 Å². The van der Waals surface area contributed by atoms with Crippen LogP contribution in [0.25, 0.3) is 0 Å². The SMILES string of the molecule is CCCCNc1cccc(SC2CCCCC2)c1. The number of rotatable bonds is 6. The number of unbranched alkanes of at least 4 members (excludes halogenated alkanes) is 1. The van der Waals surface area contributed by atoms with E-state index in [4.69, 9.17) is 0 Å². The van der Waals surface area contributed by atoms with Gasteiger partial charge in [0.25, 0.3) is 0 Å². The van der Waals surface area contributed by atoms with E-state index in [0.29, 0.717) is 0 Å². The number of nitrogens with one attached hydrogen (secondary N) is 1. The predicted molar refractivity (Wildman–Crippen MR) is 82.6 cm³/mol. The molecule has 0 aromatic heterocycles. The van der Waals surface area contributed by atoms with Crippen molar-refractivity contribution in [3.8, 4) is 0 Å². The van der Waals surface area contributed by atoms with Gasteiger partial charge in [-0.1, -0.05) is 38.7 Å². The van der Waals surface area contributed by atoms with Gasteiger partial charge in [-0.15, -0.1) is 11.8 Å². The first-order valence-corrected chi connectivity index (χ1v) is 8.27. The van der Waals surface area contributed by atoms with Crippen LogP contribution in [-0.4, -0.2) is 11.8 Å².